The lowest BCUT2D eigenvalue weighted by Gasteiger charge is -2.36. The molecule has 1 aromatic heterocycles. The Morgan fingerprint density at radius 2 is 2.09 bits per heavy atom. The van der Waals surface area contributed by atoms with Crippen LogP contribution in [0.1, 0.15) is 53.4 Å². The van der Waals surface area contributed by atoms with Crippen LogP contribution in [0.5, 0.6) is 0 Å². The predicted molar refractivity (Wildman–Crippen MR) is 95.9 cm³/mol. The van der Waals surface area contributed by atoms with Crippen molar-refractivity contribution in [1.82, 2.24) is 15.2 Å². The Hall–Kier alpha value is -1.23. The molecule has 0 bridgehead atoms. The summed E-state index contributed by atoms with van der Waals surface area (Å²) in [5.41, 5.74) is 6.28. The van der Waals surface area contributed by atoms with Crippen molar-refractivity contribution in [2.24, 2.45) is 0 Å². The molecule has 4 heteroatoms. The largest absolute Gasteiger partial charge is 0.314 e. The van der Waals surface area contributed by atoms with Crippen LogP contribution in [0, 0.1) is 0 Å². The number of aromatic nitrogens is 1. The lowest BCUT2D eigenvalue weighted by molar-refractivity contribution is 0.154. The van der Waals surface area contributed by atoms with Gasteiger partial charge in [-0.3, -0.25) is 4.90 Å². The second kappa shape index (κ2) is 6.71. The molecule has 1 saturated heterocycles. The van der Waals surface area contributed by atoms with Crippen molar-refractivity contribution in [3.05, 3.63) is 51.5 Å². The van der Waals surface area contributed by atoms with E-state index in [2.05, 4.69) is 46.4 Å². The summed E-state index contributed by atoms with van der Waals surface area (Å²) < 4.78 is 0. The average molecular weight is 327 g/mol. The third kappa shape index (κ3) is 3.35. The lowest BCUT2D eigenvalue weighted by Crippen LogP contribution is -2.45. The fraction of sp³-hybridized carbons (Fsp3) is 0.526. The SMILES string of the molecule is CCc1ccc(C2CNCCN2Cc2scnc2C2CC2)cc1. The Balaban J connectivity index is 1.53. The maximum absolute atomic E-state index is 4.64. The van der Waals surface area contributed by atoms with Gasteiger partial charge in [0.2, 0.25) is 0 Å². The highest BCUT2D eigenvalue weighted by molar-refractivity contribution is 7.09. The van der Waals surface area contributed by atoms with Gasteiger partial charge in [0, 0.05) is 43.0 Å². The maximum atomic E-state index is 4.64. The Labute approximate surface area is 142 Å². The van der Waals surface area contributed by atoms with Crippen molar-refractivity contribution < 1.29 is 0 Å². The second-order valence-electron chi connectivity index (χ2n) is 6.72. The van der Waals surface area contributed by atoms with Gasteiger partial charge in [0.15, 0.2) is 0 Å². The number of piperazine rings is 1. The predicted octanol–water partition coefficient (Wildman–Crippen LogP) is 3.73. The number of hydrogen-bond donors (Lipinski definition) is 1. The van der Waals surface area contributed by atoms with E-state index in [1.54, 1.807) is 0 Å². The second-order valence-corrected chi connectivity index (χ2v) is 7.66. The number of hydrogen-bond acceptors (Lipinski definition) is 4. The van der Waals surface area contributed by atoms with Gasteiger partial charge in [0.1, 0.15) is 0 Å². The van der Waals surface area contributed by atoms with E-state index in [1.807, 2.05) is 16.8 Å². The van der Waals surface area contributed by atoms with Crippen LogP contribution in [0.2, 0.25) is 0 Å². The molecule has 3 nitrogen and oxygen atoms in total. The van der Waals surface area contributed by atoms with Gasteiger partial charge in [-0.1, -0.05) is 31.2 Å². The molecule has 1 aliphatic heterocycles. The molecular formula is C19H25N3S. The van der Waals surface area contributed by atoms with E-state index in [9.17, 15) is 0 Å². The standard InChI is InChI=1S/C19H25N3S/c1-2-14-3-5-15(6-4-14)17-11-20-9-10-22(17)12-18-19(16-7-8-16)21-13-23-18/h3-6,13,16-17,20H,2,7-12H2,1H3. The molecule has 0 spiro atoms. The number of benzene rings is 1. The molecule has 122 valence electrons. The van der Waals surface area contributed by atoms with Crippen LogP contribution < -0.4 is 5.32 Å². The molecule has 1 aromatic carbocycles. The highest BCUT2D eigenvalue weighted by atomic mass is 32.1. The van der Waals surface area contributed by atoms with Crippen LogP contribution in [0.4, 0.5) is 0 Å². The Kier molecular flexibility index (Phi) is 4.47. The lowest BCUT2D eigenvalue weighted by atomic mass is 10.0. The number of aryl methyl sites for hydroxylation is 1. The van der Waals surface area contributed by atoms with Crippen LogP contribution in [0.15, 0.2) is 29.8 Å². The van der Waals surface area contributed by atoms with Gasteiger partial charge in [0.05, 0.1) is 11.2 Å². The molecule has 2 fully saturated rings. The highest BCUT2D eigenvalue weighted by Crippen LogP contribution is 2.42. The first kappa shape index (κ1) is 15.3. The fourth-order valence-corrected chi connectivity index (χ4v) is 4.39. The maximum Gasteiger partial charge on any atom is 0.0798 e. The first-order valence-electron chi connectivity index (χ1n) is 8.81. The number of nitrogens with one attached hydrogen (secondary N) is 1. The summed E-state index contributed by atoms with van der Waals surface area (Å²) in [5, 5.41) is 3.57. The Morgan fingerprint density at radius 1 is 1.26 bits per heavy atom. The van der Waals surface area contributed by atoms with Crippen LogP contribution in [-0.2, 0) is 13.0 Å². The van der Waals surface area contributed by atoms with Crippen molar-refractivity contribution in [3.8, 4) is 0 Å². The van der Waals surface area contributed by atoms with E-state index in [4.69, 9.17) is 0 Å². The molecule has 2 aliphatic rings. The van der Waals surface area contributed by atoms with Crippen LogP contribution in [0.25, 0.3) is 0 Å². The molecule has 1 N–H and O–H groups in total. The number of rotatable bonds is 5. The zero-order chi connectivity index (χ0) is 15.6. The minimum absolute atomic E-state index is 0.476. The zero-order valence-electron chi connectivity index (χ0n) is 13.8. The first-order chi connectivity index (χ1) is 11.3. The summed E-state index contributed by atoms with van der Waals surface area (Å²) in [6.07, 6.45) is 3.78. The molecule has 0 amide bonds. The molecule has 1 saturated carbocycles. The molecule has 4 rings (SSSR count). The minimum Gasteiger partial charge on any atom is -0.314 e. The fourth-order valence-electron chi connectivity index (χ4n) is 3.51. The monoisotopic (exact) mass is 327 g/mol. The van der Waals surface area contributed by atoms with Gasteiger partial charge in [0.25, 0.3) is 0 Å². The number of nitrogens with zero attached hydrogens (tertiary/aromatic N) is 2. The van der Waals surface area contributed by atoms with Crippen molar-refractivity contribution in [2.75, 3.05) is 19.6 Å². The normalized spacial score (nSPS) is 22.4. The molecule has 2 aromatic rings. The summed E-state index contributed by atoms with van der Waals surface area (Å²) in [7, 11) is 0. The Morgan fingerprint density at radius 3 is 2.83 bits per heavy atom. The van der Waals surface area contributed by atoms with E-state index in [0.29, 0.717) is 6.04 Å². The molecule has 1 aliphatic carbocycles. The summed E-state index contributed by atoms with van der Waals surface area (Å²) in [6, 6.07) is 9.67. The summed E-state index contributed by atoms with van der Waals surface area (Å²) in [5.74, 6) is 0.751. The Bertz CT molecular complexity index is 645. The molecule has 2 heterocycles. The van der Waals surface area contributed by atoms with E-state index in [1.165, 1.54) is 34.5 Å². The summed E-state index contributed by atoms with van der Waals surface area (Å²) >= 11 is 1.84. The van der Waals surface area contributed by atoms with Crippen LogP contribution >= 0.6 is 11.3 Å². The van der Waals surface area contributed by atoms with Crippen molar-refractivity contribution in [3.63, 3.8) is 0 Å². The smallest absolute Gasteiger partial charge is 0.0798 e. The topological polar surface area (TPSA) is 28.2 Å². The van der Waals surface area contributed by atoms with Gasteiger partial charge in [-0.2, -0.15) is 0 Å². The van der Waals surface area contributed by atoms with Gasteiger partial charge >= 0.3 is 0 Å². The average Bonchev–Trinajstić information content (AvgIpc) is 3.35. The zero-order valence-corrected chi connectivity index (χ0v) is 14.6. The van der Waals surface area contributed by atoms with Gasteiger partial charge in [-0.25, -0.2) is 4.98 Å². The van der Waals surface area contributed by atoms with E-state index in [0.717, 1.165) is 38.5 Å². The molecule has 1 atom stereocenters. The highest BCUT2D eigenvalue weighted by Gasteiger charge is 2.30. The van der Waals surface area contributed by atoms with E-state index in [-0.39, 0.29) is 0 Å². The minimum atomic E-state index is 0.476. The van der Waals surface area contributed by atoms with Crippen molar-refractivity contribution in [1.29, 1.82) is 0 Å². The molecule has 0 radical (unpaired) electrons. The van der Waals surface area contributed by atoms with Crippen LogP contribution in [-0.4, -0.2) is 29.5 Å². The van der Waals surface area contributed by atoms with Crippen molar-refractivity contribution >= 4 is 11.3 Å². The van der Waals surface area contributed by atoms with Gasteiger partial charge in [-0.05, 0) is 30.4 Å². The third-order valence-corrected chi connectivity index (χ3v) is 5.94. The summed E-state index contributed by atoms with van der Waals surface area (Å²) in [6.45, 7) is 6.51. The number of thiazole rings is 1. The summed E-state index contributed by atoms with van der Waals surface area (Å²) in [4.78, 5) is 8.77. The van der Waals surface area contributed by atoms with Crippen molar-refractivity contribution in [2.45, 2.75) is 44.7 Å². The molecular weight excluding hydrogens is 302 g/mol. The van der Waals surface area contributed by atoms with Crippen LogP contribution in [0.3, 0.4) is 0 Å². The van der Waals surface area contributed by atoms with E-state index >= 15 is 0 Å². The molecule has 1 unspecified atom stereocenters. The molecule has 23 heavy (non-hydrogen) atoms. The van der Waals surface area contributed by atoms with E-state index < -0.39 is 0 Å². The first-order valence-corrected chi connectivity index (χ1v) is 9.69. The quantitative estimate of drug-likeness (QED) is 0.907. The van der Waals surface area contributed by atoms with Gasteiger partial charge < -0.3 is 5.32 Å². The van der Waals surface area contributed by atoms with Gasteiger partial charge in [-0.15, -0.1) is 11.3 Å². The third-order valence-electron chi connectivity index (χ3n) is 5.11.